The number of nitrogens with zero attached hydrogens (tertiary/aromatic N) is 2. The molecule has 0 radical (unpaired) electrons. The molecule has 16 heavy (non-hydrogen) atoms. The van der Waals surface area contributed by atoms with Crippen molar-refractivity contribution in [1.82, 2.24) is 9.55 Å². The van der Waals surface area contributed by atoms with Crippen LogP contribution in [0, 0.1) is 0 Å². The highest BCUT2D eigenvalue weighted by atomic mass is 16.4. The molecule has 0 aliphatic rings. The topological polar surface area (TPSA) is 84.2 Å². The largest absolute Gasteiger partial charge is 0.481 e. The van der Waals surface area contributed by atoms with Gasteiger partial charge in [-0.3, -0.25) is 9.59 Å². The van der Waals surface area contributed by atoms with Gasteiger partial charge in [0.15, 0.2) is 5.82 Å². The second-order valence-corrected chi connectivity index (χ2v) is 3.65. The van der Waals surface area contributed by atoms with E-state index in [1.807, 2.05) is 13.8 Å². The summed E-state index contributed by atoms with van der Waals surface area (Å²) in [5.74, 6) is -0.718. The van der Waals surface area contributed by atoms with Gasteiger partial charge in [-0.15, -0.1) is 0 Å². The zero-order chi connectivity index (χ0) is 12.1. The predicted molar refractivity (Wildman–Crippen MR) is 59.6 cm³/mol. The molecule has 1 aromatic rings. The van der Waals surface area contributed by atoms with Crippen LogP contribution in [0.2, 0.25) is 0 Å². The van der Waals surface area contributed by atoms with Crippen LogP contribution in [0.4, 0.5) is 5.82 Å². The summed E-state index contributed by atoms with van der Waals surface area (Å²) < 4.78 is 1.54. The second kappa shape index (κ2) is 5.29. The van der Waals surface area contributed by atoms with E-state index in [1.165, 1.54) is 10.8 Å². The van der Waals surface area contributed by atoms with Crippen molar-refractivity contribution in [2.75, 3.05) is 11.9 Å². The number of carboxylic acids is 1. The van der Waals surface area contributed by atoms with Crippen molar-refractivity contribution in [2.24, 2.45) is 0 Å². The number of aliphatic carboxylic acids is 1. The van der Waals surface area contributed by atoms with E-state index in [0.29, 0.717) is 0 Å². The molecule has 2 N–H and O–H groups in total. The molecule has 0 spiro atoms. The zero-order valence-electron chi connectivity index (χ0n) is 9.30. The molecule has 0 fully saturated rings. The summed E-state index contributed by atoms with van der Waals surface area (Å²) in [5.41, 5.74) is -0.233. The van der Waals surface area contributed by atoms with Crippen LogP contribution in [0.15, 0.2) is 17.2 Å². The van der Waals surface area contributed by atoms with Crippen molar-refractivity contribution in [3.05, 3.63) is 22.7 Å². The first kappa shape index (κ1) is 12.2. The number of nitrogens with one attached hydrogen (secondary N) is 1. The Kier molecular flexibility index (Phi) is 4.04. The summed E-state index contributed by atoms with van der Waals surface area (Å²) >= 11 is 0. The Bertz CT molecular complexity index is 426. The van der Waals surface area contributed by atoms with E-state index < -0.39 is 5.97 Å². The number of hydrogen-bond donors (Lipinski definition) is 2. The van der Waals surface area contributed by atoms with E-state index in [0.717, 1.165) is 0 Å². The molecular weight excluding hydrogens is 210 g/mol. The molecule has 0 aromatic carbocycles. The molecule has 0 aliphatic carbocycles. The third kappa shape index (κ3) is 3.08. The SMILES string of the molecule is CC(C)n1ccnc(NCCC(=O)O)c1=O. The molecule has 0 unspecified atom stereocenters. The molecule has 1 heterocycles. The maximum atomic E-state index is 11.8. The smallest absolute Gasteiger partial charge is 0.305 e. The first-order valence-electron chi connectivity index (χ1n) is 5.05. The summed E-state index contributed by atoms with van der Waals surface area (Å²) in [6, 6.07) is 0.0514. The molecular formula is C10H15N3O3. The summed E-state index contributed by atoms with van der Waals surface area (Å²) in [6.07, 6.45) is 3.08. The van der Waals surface area contributed by atoms with Crippen molar-refractivity contribution in [1.29, 1.82) is 0 Å². The van der Waals surface area contributed by atoms with E-state index in [2.05, 4.69) is 10.3 Å². The average Bonchev–Trinajstić information content (AvgIpc) is 2.19. The quantitative estimate of drug-likeness (QED) is 0.771. The van der Waals surface area contributed by atoms with E-state index >= 15 is 0 Å². The minimum atomic E-state index is -0.910. The fourth-order valence-electron chi connectivity index (χ4n) is 1.24. The van der Waals surface area contributed by atoms with Crippen molar-refractivity contribution in [3.8, 4) is 0 Å². The molecule has 1 rings (SSSR count). The third-order valence-corrected chi connectivity index (χ3v) is 2.06. The standard InChI is InChI=1S/C10H15N3O3/c1-7(2)13-6-5-12-9(10(13)16)11-4-3-8(14)15/h5-7H,3-4H2,1-2H3,(H,11,12)(H,14,15). The number of carbonyl (C=O) groups is 1. The maximum Gasteiger partial charge on any atom is 0.305 e. The van der Waals surface area contributed by atoms with Gasteiger partial charge in [0, 0.05) is 25.0 Å². The summed E-state index contributed by atoms with van der Waals surface area (Å²) in [4.78, 5) is 26.0. The van der Waals surface area contributed by atoms with Crippen molar-refractivity contribution in [2.45, 2.75) is 26.3 Å². The Morgan fingerprint density at radius 1 is 1.62 bits per heavy atom. The van der Waals surface area contributed by atoms with Crippen LogP contribution < -0.4 is 10.9 Å². The Morgan fingerprint density at radius 3 is 2.88 bits per heavy atom. The third-order valence-electron chi connectivity index (χ3n) is 2.06. The van der Waals surface area contributed by atoms with Gasteiger partial charge in [0.25, 0.3) is 5.56 Å². The fraction of sp³-hybridized carbons (Fsp3) is 0.500. The molecule has 0 atom stereocenters. The maximum absolute atomic E-state index is 11.8. The van der Waals surface area contributed by atoms with Crippen LogP contribution in [0.25, 0.3) is 0 Å². The van der Waals surface area contributed by atoms with Gasteiger partial charge in [0.2, 0.25) is 0 Å². The van der Waals surface area contributed by atoms with Gasteiger partial charge >= 0.3 is 5.97 Å². The van der Waals surface area contributed by atoms with Gasteiger partial charge < -0.3 is 15.0 Å². The van der Waals surface area contributed by atoms with Gasteiger partial charge in [0.05, 0.1) is 6.42 Å². The minimum Gasteiger partial charge on any atom is -0.481 e. The van der Waals surface area contributed by atoms with Gasteiger partial charge in [-0.05, 0) is 13.8 Å². The molecule has 0 bridgehead atoms. The molecule has 0 amide bonds. The van der Waals surface area contributed by atoms with Crippen molar-refractivity contribution < 1.29 is 9.90 Å². The summed E-state index contributed by atoms with van der Waals surface area (Å²) in [7, 11) is 0. The van der Waals surface area contributed by atoms with Gasteiger partial charge in [-0.25, -0.2) is 4.98 Å². The van der Waals surface area contributed by atoms with Gasteiger partial charge in [-0.2, -0.15) is 0 Å². The lowest BCUT2D eigenvalue weighted by Crippen LogP contribution is -2.26. The lowest BCUT2D eigenvalue weighted by molar-refractivity contribution is -0.136. The average molecular weight is 225 g/mol. The predicted octanol–water partition coefficient (Wildman–Crippen LogP) is 0.711. The number of carboxylic acid groups (broad SMARTS) is 1. The number of rotatable bonds is 5. The van der Waals surface area contributed by atoms with E-state index in [9.17, 15) is 9.59 Å². The molecule has 0 saturated carbocycles. The normalized spacial score (nSPS) is 10.4. The van der Waals surface area contributed by atoms with Crippen molar-refractivity contribution >= 4 is 11.8 Å². The van der Waals surface area contributed by atoms with Crippen LogP contribution in [0.3, 0.4) is 0 Å². The first-order valence-corrected chi connectivity index (χ1v) is 5.05. The van der Waals surface area contributed by atoms with E-state index in [1.54, 1.807) is 6.20 Å². The fourth-order valence-corrected chi connectivity index (χ4v) is 1.24. The van der Waals surface area contributed by atoms with E-state index in [-0.39, 0.29) is 30.4 Å². The monoisotopic (exact) mass is 225 g/mol. The molecule has 1 aromatic heterocycles. The Hall–Kier alpha value is -1.85. The molecule has 6 nitrogen and oxygen atoms in total. The Labute approximate surface area is 92.9 Å². The van der Waals surface area contributed by atoms with Crippen molar-refractivity contribution in [3.63, 3.8) is 0 Å². The zero-order valence-corrected chi connectivity index (χ0v) is 9.30. The van der Waals surface area contributed by atoms with Gasteiger partial charge in [-0.1, -0.05) is 0 Å². The van der Waals surface area contributed by atoms with Crippen LogP contribution in [-0.2, 0) is 4.79 Å². The molecule has 0 saturated heterocycles. The van der Waals surface area contributed by atoms with Crippen LogP contribution in [-0.4, -0.2) is 27.2 Å². The van der Waals surface area contributed by atoms with Crippen LogP contribution >= 0.6 is 0 Å². The van der Waals surface area contributed by atoms with Gasteiger partial charge in [0.1, 0.15) is 0 Å². The summed E-state index contributed by atoms with van der Waals surface area (Å²) in [6.45, 7) is 3.98. The Morgan fingerprint density at radius 2 is 2.31 bits per heavy atom. The molecule has 88 valence electrons. The highest BCUT2D eigenvalue weighted by Crippen LogP contribution is 2.01. The molecule has 0 aliphatic heterocycles. The first-order chi connectivity index (χ1) is 7.52. The lowest BCUT2D eigenvalue weighted by atomic mass is 10.4. The Balaban J connectivity index is 2.78. The van der Waals surface area contributed by atoms with E-state index in [4.69, 9.17) is 5.11 Å². The second-order valence-electron chi connectivity index (χ2n) is 3.65. The summed E-state index contributed by atoms with van der Waals surface area (Å²) in [5, 5.41) is 11.2. The minimum absolute atomic E-state index is 0.0440. The van der Waals surface area contributed by atoms with Crippen LogP contribution in [0.5, 0.6) is 0 Å². The number of aromatic nitrogens is 2. The number of anilines is 1. The number of hydrogen-bond acceptors (Lipinski definition) is 4. The molecule has 6 heteroatoms. The highest BCUT2D eigenvalue weighted by molar-refractivity contribution is 5.67. The lowest BCUT2D eigenvalue weighted by Gasteiger charge is -2.11. The highest BCUT2D eigenvalue weighted by Gasteiger charge is 2.06. The van der Waals surface area contributed by atoms with Crippen LogP contribution in [0.1, 0.15) is 26.3 Å².